The average Bonchev–Trinajstić information content (AvgIpc) is 2.60. The molecule has 0 aromatic heterocycles. The van der Waals surface area contributed by atoms with Crippen molar-refractivity contribution in [3.05, 3.63) is 54.1 Å². The first-order valence-electron chi connectivity index (χ1n) is 5.84. The lowest BCUT2D eigenvalue weighted by atomic mass is 9.85. The molecule has 1 aromatic rings. The van der Waals surface area contributed by atoms with Crippen LogP contribution in [0.1, 0.15) is 18.4 Å². The van der Waals surface area contributed by atoms with Crippen LogP contribution in [0.25, 0.3) is 5.57 Å². The maximum atomic E-state index is 11.9. The molecule has 2 unspecified atom stereocenters. The van der Waals surface area contributed by atoms with Gasteiger partial charge in [0, 0.05) is 11.8 Å². The summed E-state index contributed by atoms with van der Waals surface area (Å²) in [4.78, 5) is 11.9. The summed E-state index contributed by atoms with van der Waals surface area (Å²) in [7, 11) is 0. The van der Waals surface area contributed by atoms with Crippen molar-refractivity contribution in [1.29, 1.82) is 0 Å². The zero-order chi connectivity index (χ0) is 11.0. The van der Waals surface area contributed by atoms with E-state index in [1.54, 1.807) is 0 Å². The fourth-order valence-electron chi connectivity index (χ4n) is 2.61. The van der Waals surface area contributed by atoms with Gasteiger partial charge in [0.2, 0.25) is 0 Å². The average molecular weight is 210 g/mol. The van der Waals surface area contributed by atoms with Gasteiger partial charge in [-0.3, -0.25) is 4.79 Å². The van der Waals surface area contributed by atoms with Crippen LogP contribution in [-0.2, 0) is 4.79 Å². The number of rotatable bonds is 1. The Morgan fingerprint density at radius 1 is 0.938 bits per heavy atom. The van der Waals surface area contributed by atoms with E-state index in [9.17, 15) is 4.79 Å². The summed E-state index contributed by atoms with van der Waals surface area (Å²) in [5.41, 5.74) is 2.38. The third-order valence-corrected chi connectivity index (χ3v) is 3.53. The van der Waals surface area contributed by atoms with Crippen molar-refractivity contribution in [2.24, 2.45) is 11.8 Å². The molecule has 3 aliphatic carbocycles. The minimum atomic E-state index is 0.137. The van der Waals surface area contributed by atoms with Gasteiger partial charge in [-0.25, -0.2) is 0 Å². The first-order valence-corrected chi connectivity index (χ1v) is 5.84. The van der Waals surface area contributed by atoms with Crippen LogP contribution in [0, 0.1) is 11.8 Å². The van der Waals surface area contributed by atoms with Crippen LogP contribution in [0.5, 0.6) is 0 Å². The van der Waals surface area contributed by atoms with Gasteiger partial charge in [-0.1, -0.05) is 42.5 Å². The highest BCUT2D eigenvalue weighted by Gasteiger charge is 2.27. The third kappa shape index (κ3) is 1.53. The quantitative estimate of drug-likeness (QED) is 0.650. The minimum absolute atomic E-state index is 0.137. The zero-order valence-electron chi connectivity index (χ0n) is 9.10. The summed E-state index contributed by atoms with van der Waals surface area (Å²) < 4.78 is 0. The van der Waals surface area contributed by atoms with Crippen molar-refractivity contribution in [3.8, 4) is 0 Å². The molecule has 0 amide bonds. The molecule has 1 nitrogen and oxygen atoms in total. The van der Waals surface area contributed by atoms with E-state index in [2.05, 4.69) is 24.3 Å². The molecule has 0 saturated heterocycles. The SMILES string of the molecule is O=C1C=C(c2ccccc2)C2C=CC1CC2. The molecule has 0 N–H and O–H groups in total. The van der Waals surface area contributed by atoms with Crippen LogP contribution in [-0.4, -0.2) is 5.78 Å². The Kier molecular flexibility index (Phi) is 2.24. The largest absolute Gasteiger partial charge is 0.294 e. The summed E-state index contributed by atoms with van der Waals surface area (Å²) in [5, 5.41) is 0. The molecule has 0 heterocycles. The molecule has 0 spiro atoms. The van der Waals surface area contributed by atoms with Crippen LogP contribution in [0.4, 0.5) is 0 Å². The topological polar surface area (TPSA) is 17.1 Å². The summed E-state index contributed by atoms with van der Waals surface area (Å²) in [6.07, 6.45) is 8.26. The maximum absolute atomic E-state index is 11.9. The van der Waals surface area contributed by atoms with Gasteiger partial charge in [0.25, 0.3) is 0 Å². The highest BCUT2D eigenvalue weighted by atomic mass is 16.1. The first kappa shape index (κ1) is 9.59. The van der Waals surface area contributed by atoms with Gasteiger partial charge in [-0.2, -0.15) is 0 Å². The number of hydrogen-bond acceptors (Lipinski definition) is 1. The monoisotopic (exact) mass is 210 g/mol. The molecule has 80 valence electrons. The van der Waals surface area contributed by atoms with E-state index in [1.165, 1.54) is 11.1 Å². The Morgan fingerprint density at radius 3 is 2.31 bits per heavy atom. The summed E-state index contributed by atoms with van der Waals surface area (Å²) in [6.45, 7) is 0. The Bertz CT molecular complexity index is 467. The van der Waals surface area contributed by atoms with Gasteiger partial charge in [-0.05, 0) is 30.1 Å². The van der Waals surface area contributed by atoms with Crippen LogP contribution >= 0.6 is 0 Å². The fraction of sp³-hybridized carbons (Fsp3) is 0.267. The predicted octanol–water partition coefficient (Wildman–Crippen LogP) is 3.24. The summed E-state index contributed by atoms with van der Waals surface area (Å²) in [6, 6.07) is 10.2. The molecule has 16 heavy (non-hydrogen) atoms. The molecule has 0 fully saturated rings. The molecule has 2 bridgehead atoms. The number of ketones is 1. The Morgan fingerprint density at radius 2 is 1.62 bits per heavy atom. The van der Waals surface area contributed by atoms with Crippen LogP contribution in [0.3, 0.4) is 0 Å². The molecule has 0 aliphatic heterocycles. The third-order valence-electron chi connectivity index (χ3n) is 3.53. The lowest BCUT2D eigenvalue weighted by molar-refractivity contribution is -0.117. The van der Waals surface area contributed by atoms with E-state index in [-0.39, 0.29) is 11.7 Å². The number of carbonyl (C=O) groups excluding carboxylic acids is 1. The zero-order valence-corrected chi connectivity index (χ0v) is 9.10. The molecule has 3 aliphatic rings. The molecule has 2 atom stereocenters. The van der Waals surface area contributed by atoms with E-state index >= 15 is 0 Å². The standard InChI is InChI=1S/C15H14O/c16-15-10-14(11-4-2-1-3-5-11)12-6-8-13(15)9-7-12/h1-6,8,10,12-13H,7,9H2. The normalized spacial score (nSPS) is 27.8. The second kappa shape index (κ2) is 3.75. The van der Waals surface area contributed by atoms with Gasteiger partial charge < -0.3 is 0 Å². The van der Waals surface area contributed by atoms with E-state index in [0.717, 1.165) is 12.8 Å². The van der Waals surface area contributed by atoms with E-state index in [4.69, 9.17) is 0 Å². The van der Waals surface area contributed by atoms with Gasteiger partial charge in [-0.15, -0.1) is 0 Å². The second-order valence-corrected chi connectivity index (χ2v) is 4.54. The van der Waals surface area contributed by atoms with E-state index in [1.807, 2.05) is 24.3 Å². The Balaban J connectivity index is 2.07. The summed E-state index contributed by atoms with van der Waals surface area (Å²) >= 11 is 0. The molecule has 1 aromatic carbocycles. The number of benzene rings is 1. The number of carbonyl (C=O) groups is 1. The molecule has 1 heteroatoms. The smallest absolute Gasteiger partial charge is 0.162 e. The molecule has 4 rings (SSSR count). The van der Waals surface area contributed by atoms with Gasteiger partial charge in [0.05, 0.1) is 0 Å². The van der Waals surface area contributed by atoms with Crippen molar-refractivity contribution < 1.29 is 4.79 Å². The van der Waals surface area contributed by atoms with E-state index < -0.39 is 0 Å². The minimum Gasteiger partial charge on any atom is -0.294 e. The predicted molar refractivity (Wildman–Crippen MR) is 64.8 cm³/mol. The highest BCUT2D eigenvalue weighted by Crippen LogP contribution is 2.37. The van der Waals surface area contributed by atoms with Crippen LogP contribution in [0.15, 0.2) is 48.6 Å². The van der Waals surface area contributed by atoms with Crippen molar-refractivity contribution in [1.82, 2.24) is 0 Å². The molecule has 0 saturated carbocycles. The Labute approximate surface area is 95.5 Å². The van der Waals surface area contributed by atoms with Gasteiger partial charge >= 0.3 is 0 Å². The van der Waals surface area contributed by atoms with Gasteiger partial charge in [0.1, 0.15) is 0 Å². The number of fused-ring (bicyclic) bond motifs is 2. The first-order chi connectivity index (χ1) is 7.84. The second-order valence-electron chi connectivity index (χ2n) is 4.54. The van der Waals surface area contributed by atoms with Crippen LogP contribution < -0.4 is 0 Å². The van der Waals surface area contributed by atoms with Crippen molar-refractivity contribution in [2.45, 2.75) is 12.8 Å². The van der Waals surface area contributed by atoms with Gasteiger partial charge in [0.15, 0.2) is 5.78 Å². The Hall–Kier alpha value is -1.63. The highest BCUT2D eigenvalue weighted by molar-refractivity contribution is 6.01. The lowest BCUT2D eigenvalue weighted by Gasteiger charge is -2.19. The van der Waals surface area contributed by atoms with Crippen molar-refractivity contribution in [2.75, 3.05) is 0 Å². The lowest BCUT2D eigenvalue weighted by Crippen LogP contribution is -2.10. The molecular formula is C15H14O. The van der Waals surface area contributed by atoms with Crippen LogP contribution in [0.2, 0.25) is 0 Å². The summed E-state index contributed by atoms with van der Waals surface area (Å²) in [5.74, 6) is 0.845. The maximum Gasteiger partial charge on any atom is 0.162 e. The van der Waals surface area contributed by atoms with E-state index in [0.29, 0.717) is 5.92 Å². The number of hydrogen-bond donors (Lipinski definition) is 0. The van der Waals surface area contributed by atoms with Crippen molar-refractivity contribution >= 4 is 11.4 Å². The number of allylic oxidation sites excluding steroid dienone is 4. The van der Waals surface area contributed by atoms with Crippen molar-refractivity contribution in [3.63, 3.8) is 0 Å². The molecular weight excluding hydrogens is 196 g/mol. The molecule has 0 radical (unpaired) electrons. The fourth-order valence-corrected chi connectivity index (χ4v) is 2.61.